The zero-order chi connectivity index (χ0) is 12.9. The van der Waals surface area contributed by atoms with Gasteiger partial charge in [0.25, 0.3) is 0 Å². The van der Waals surface area contributed by atoms with Crippen LogP contribution in [0.1, 0.15) is 33.1 Å². The molecule has 1 rings (SSSR count). The summed E-state index contributed by atoms with van der Waals surface area (Å²) in [6.45, 7) is 8.76. The van der Waals surface area contributed by atoms with Crippen LogP contribution in [0.3, 0.4) is 0 Å². The Hall–Kier alpha value is -1.32. The third-order valence-corrected chi connectivity index (χ3v) is 3.19. The van der Waals surface area contributed by atoms with Crippen molar-refractivity contribution >= 4 is 11.9 Å². The zero-order valence-corrected chi connectivity index (χ0v) is 10.7. The van der Waals surface area contributed by atoms with Crippen molar-refractivity contribution in [1.82, 2.24) is 4.90 Å². The molecule has 0 N–H and O–H groups in total. The van der Waals surface area contributed by atoms with Crippen LogP contribution in [0.25, 0.3) is 0 Å². The molecule has 1 saturated heterocycles. The highest BCUT2D eigenvalue weighted by Crippen LogP contribution is 2.32. The Labute approximate surface area is 103 Å². The van der Waals surface area contributed by atoms with Crippen molar-refractivity contribution in [2.45, 2.75) is 33.1 Å². The van der Waals surface area contributed by atoms with Crippen LogP contribution < -0.4 is 0 Å². The van der Waals surface area contributed by atoms with E-state index >= 15 is 0 Å². The summed E-state index contributed by atoms with van der Waals surface area (Å²) < 4.78 is 5.00. The van der Waals surface area contributed by atoms with Crippen LogP contribution in [-0.4, -0.2) is 36.5 Å². The smallest absolute Gasteiger partial charge is 0.321 e. The molecule has 0 spiro atoms. The third kappa shape index (κ3) is 2.87. The summed E-state index contributed by atoms with van der Waals surface area (Å²) in [5, 5.41) is 0. The van der Waals surface area contributed by atoms with Gasteiger partial charge in [-0.1, -0.05) is 6.08 Å². The van der Waals surface area contributed by atoms with E-state index < -0.39 is 11.4 Å². The summed E-state index contributed by atoms with van der Waals surface area (Å²) in [5.74, 6) is -0.502. The molecule has 17 heavy (non-hydrogen) atoms. The van der Waals surface area contributed by atoms with Gasteiger partial charge in [0, 0.05) is 13.1 Å². The lowest BCUT2D eigenvalue weighted by atomic mass is 9.81. The summed E-state index contributed by atoms with van der Waals surface area (Å²) in [6.07, 6.45) is 3.96. The van der Waals surface area contributed by atoms with E-state index in [1.54, 1.807) is 24.8 Å². The van der Waals surface area contributed by atoms with Gasteiger partial charge < -0.3 is 9.64 Å². The Bertz CT molecular complexity index is 314. The first-order valence-corrected chi connectivity index (χ1v) is 6.13. The van der Waals surface area contributed by atoms with E-state index in [0.717, 1.165) is 19.4 Å². The molecule has 0 aromatic carbocycles. The first-order chi connectivity index (χ1) is 8.06. The first-order valence-electron chi connectivity index (χ1n) is 6.13. The van der Waals surface area contributed by atoms with Gasteiger partial charge >= 0.3 is 5.97 Å². The third-order valence-electron chi connectivity index (χ3n) is 3.19. The average Bonchev–Trinajstić information content (AvgIpc) is 2.31. The molecule has 4 heteroatoms. The van der Waals surface area contributed by atoms with Gasteiger partial charge in [-0.15, -0.1) is 6.58 Å². The maximum atomic E-state index is 12.3. The molecule has 0 saturated carbocycles. The average molecular weight is 239 g/mol. The van der Waals surface area contributed by atoms with Gasteiger partial charge in [0.2, 0.25) is 5.91 Å². The number of piperidine rings is 1. The second-order valence-corrected chi connectivity index (χ2v) is 4.53. The normalized spacial score (nSPS) is 24.6. The number of ether oxygens (including phenoxy) is 1. The van der Waals surface area contributed by atoms with E-state index in [1.165, 1.54) is 0 Å². The molecule has 0 aliphatic carbocycles. The molecule has 1 heterocycles. The highest BCUT2D eigenvalue weighted by Gasteiger charge is 2.46. The molecular formula is C13H21NO3. The summed E-state index contributed by atoms with van der Waals surface area (Å²) in [5.41, 5.74) is -0.991. The fourth-order valence-electron chi connectivity index (χ4n) is 2.12. The van der Waals surface area contributed by atoms with E-state index in [1.807, 2.05) is 0 Å². The highest BCUT2D eigenvalue weighted by atomic mass is 16.5. The van der Waals surface area contributed by atoms with E-state index in [9.17, 15) is 9.59 Å². The SMILES string of the molecule is C=CCCN1CCCC(C)(C(=O)OCC)C1=O. The quantitative estimate of drug-likeness (QED) is 0.417. The minimum atomic E-state index is -0.991. The van der Waals surface area contributed by atoms with Crippen LogP contribution in [0.15, 0.2) is 12.7 Å². The Kier molecular flexibility index (Phi) is 4.73. The molecule has 1 atom stereocenters. The molecule has 0 aromatic heterocycles. The van der Waals surface area contributed by atoms with Crippen molar-refractivity contribution in [3.8, 4) is 0 Å². The van der Waals surface area contributed by atoms with Gasteiger partial charge in [-0.25, -0.2) is 0 Å². The molecule has 0 radical (unpaired) electrons. The van der Waals surface area contributed by atoms with Gasteiger partial charge in [0.1, 0.15) is 5.41 Å². The first kappa shape index (κ1) is 13.7. The number of hydrogen-bond donors (Lipinski definition) is 0. The fraction of sp³-hybridized carbons (Fsp3) is 0.692. The topological polar surface area (TPSA) is 46.6 Å². The second kappa shape index (κ2) is 5.84. The zero-order valence-electron chi connectivity index (χ0n) is 10.7. The number of hydrogen-bond acceptors (Lipinski definition) is 3. The van der Waals surface area contributed by atoms with Gasteiger partial charge in [-0.05, 0) is 33.1 Å². The minimum Gasteiger partial charge on any atom is -0.465 e. The molecule has 0 aromatic rings. The Balaban J connectivity index is 2.75. The van der Waals surface area contributed by atoms with Crippen molar-refractivity contribution in [2.75, 3.05) is 19.7 Å². The molecule has 1 unspecified atom stereocenters. The lowest BCUT2D eigenvalue weighted by molar-refractivity contribution is -0.167. The maximum Gasteiger partial charge on any atom is 0.321 e. The van der Waals surface area contributed by atoms with Crippen molar-refractivity contribution < 1.29 is 14.3 Å². The number of rotatable bonds is 5. The summed E-state index contributed by atoms with van der Waals surface area (Å²) in [7, 11) is 0. The number of likely N-dealkylation sites (tertiary alicyclic amines) is 1. The Morgan fingerprint density at radius 3 is 2.94 bits per heavy atom. The monoisotopic (exact) mass is 239 g/mol. The molecule has 1 fully saturated rings. The number of esters is 1. The molecule has 1 aliphatic heterocycles. The predicted molar refractivity (Wildman–Crippen MR) is 65.4 cm³/mol. The van der Waals surface area contributed by atoms with Crippen LogP contribution >= 0.6 is 0 Å². The van der Waals surface area contributed by atoms with Gasteiger partial charge in [-0.3, -0.25) is 9.59 Å². The highest BCUT2D eigenvalue weighted by molar-refractivity contribution is 6.02. The molecule has 0 bridgehead atoms. The standard InChI is InChI=1S/C13H21NO3/c1-4-6-9-14-10-7-8-13(3,11(14)15)12(16)17-5-2/h4H,1,5-10H2,2-3H3. The summed E-state index contributed by atoms with van der Waals surface area (Å²) in [4.78, 5) is 25.9. The fourth-order valence-corrected chi connectivity index (χ4v) is 2.12. The van der Waals surface area contributed by atoms with Gasteiger partial charge in [0.15, 0.2) is 0 Å². The van der Waals surface area contributed by atoms with E-state index in [2.05, 4.69) is 6.58 Å². The van der Waals surface area contributed by atoms with Crippen LogP contribution in [0.4, 0.5) is 0 Å². The lowest BCUT2D eigenvalue weighted by Gasteiger charge is -2.37. The minimum absolute atomic E-state index is 0.107. The second-order valence-electron chi connectivity index (χ2n) is 4.53. The summed E-state index contributed by atoms with van der Waals surface area (Å²) >= 11 is 0. The van der Waals surface area contributed by atoms with E-state index in [4.69, 9.17) is 4.74 Å². The summed E-state index contributed by atoms with van der Waals surface area (Å²) in [6, 6.07) is 0. The number of nitrogens with zero attached hydrogens (tertiary/aromatic N) is 1. The maximum absolute atomic E-state index is 12.3. The molecule has 1 amide bonds. The number of amides is 1. The Morgan fingerprint density at radius 1 is 1.65 bits per heavy atom. The van der Waals surface area contributed by atoms with Crippen LogP contribution in [0.5, 0.6) is 0 Å². The lowest BCUT2D eigenvalue weighted by Crippen LogP contribution is -2.51. The van der Waals surface area contributed by atoms with Gasteiger partial charge in [0.05, 0.1) is 6.61 Å². The Morgan fingerprint density at radius 2 is 2.35 bits per heavy atom. The van der Waals surface area contributed by atoms with Crippen molar-refractivity contribution in [3.05, 3.63) is 12.7 Å². The molecular weight excluding hydrogens is 218 g/mol. The van der Waals surface area contributed by atoms with Crippen molar-refractivity contribution in [2.24, 2.45) is 5.41 Å². The van der Waals surface area contributed by atoms with Crippen molar-refractivity contribution in [3.63, 3.8) is 0 Å². The largest absolute Gasteiger partial charge is 0.465 e. The van der Waals surface area contributed by atoms with Gasteiger partial charge in [-0.2, -0.15) is 0 Å². The molecule has 1 aliphatic rings. The molecule has 96 valence electrons. The van der Waals surface area contributed by atoms with Crippen LogP contribution in [0.2, 0.25) is 0 Å². The van der Waals surface area contributed by atoms with Crippen molar-refractivity contribution in [1.29, 1.82) is 0 Å². The predicted octanol–water partition coefficient (Wildman–Crippen LogP) is 1.75. The number of carbonyl (C=O) groups excluding carboxylic acids is 2. The molecule has 4 nitrogen and oxygen atoms in total. The van der Waals surface area contributed by atoms with E-state index in [-0.39, 0.29) is 5.91 Å². The van der Waals surface area contributed by atoms with Crippen LogP contribution in [-0.2, 0) is 14.3 Å². The van der Waals surface area contributed by atoms with Crippen LogP contribution in [0, 0.1) is 5.41 Å². The van der Waals surface area contributed by atoms with E-state index in [0.29, 0.717) is 19.6 Å². The number of carbonyl (C=O) groups is 2.